The molecule has 0 bridgehead atoms. The van der Waals surface area contributed by atoms with Crippen LogP contribution in [0.25, 0.3) is 0 Å². The highest BCUT2D eigenvalue weighted by atomic mass is 32.1. The topological polar surface area (TPSA) is 50.7 Å². The zero-order chi connectivity index (χ0) is 10.5. The summed E-state index contributed by atoms with van der Waals surface area (Å²) in [7, 11) is 0. The van der Waals surface area contributed by atoms with Crippen molar-refractivity contribution in [2.75, 3.05) is 0 Å². The Hall–Kier alpha value is -1.33. The molecule has 0 aromatic carbocycles. The summed E-state index contributed by atoms with van der Waals surface area (Å²) in [6, 6.07) is 0. The van der Waals surface area contributed by atoms with Crippen molar-refractivity contribution in [3.05, 3.63) is 40.4 Å². The van der Waals surface area contributed by atoms with Gasteiger partial charge in [-0.15, -0.1) is 11.3 Å². The van der Waals surface area contributed by atoms with Crippen LogP contribution in [-0.4, -0.2) is 15.0 Å². The van der Waals surface area contributed by atoms with E-state index in [4.69, 9.17) is 0 Å². The molecule has 1 N–H and O–H groups in total. The third-order valence-electron chi connectivity index (χ3n) is 1.89. The van der Waals surface area contributed by atoms with Crippen LogP contribution in [0, 0.1) is 6.92 Å². The summed E-state index contributed by atoms with van der Waals surface area (Å²) in [6.45, 7) is 3.59. The van der Waals surface area contributed by atoms with Gasteiger partial charge < -0.3 is 5.32 Å². The average molecular weight is 220 g/mol. The van der Waals surface area contributed by atoms with E-state index in [0.717, 1.165) is 23.8 Å². The lowest BCUT2D eigenvalue weighted by atomic mass is 10.4. The van der Waals surface area contributed by atoms with E-state index < -0.39 is 0 Å². The maximum Gasteiger partial charge on any atom is 0.0897 e. The number of hydrogen-bond donors (Lipinski definition) is 1. The summed E-state index contributed by atoms with van der Waals surface area (Å²) in [4.78, 5) is 13.6. The number of aryl methyl sites for hydroxylation is 1. The molecule has 78 valence electrons. The van der Waals surface area contributed by atoms with E-state index in [1.807, 2.05) is 13.1 Å². The van der Waals surface area contributed by atoms with Crippen molar-refractivity contribution in [3.63, 3.8) is 0 Å². The molecule has 0 radical (unpaired) electrons. The summed E-state index contributed by atoms with van der Waals surface area (Å²) in [5.74, 6) is 0. The highest BCUT2D eigenvalue weighted by Gasteiger charge is 1.98. The van der Waals surface area contributed by atoms with Crippen LogP contribution in [0.1, 0.15) is 15.6 Å². The van der Waals surface area contributed by atoms with Crippen molar-refractivity contribution in [3.8, 4) is 0 Å². The number of nitrogens with one attached hydrogen (secondary N) is 1. The molecule has 0 spiro atoms. The molecular weight excluding hydrogens is 208 g/mol. The van der Waals surface area contributed by atoms with Crippen LogP contribution in [0.3, 0.4) is 0 Å². The lowest BCUT2D eigenvalue weighted by molar-refractivity contribution is 0.682. The smallest absolute Gasteiger partial charge is 0.0897 e. The molecule has 0 aliphatic carbocycles. The average Bonchev–Trinajstić information content (AvgIpc) is 2.66. The van der Waals surface area contributed by atoms with E-state index in [0.29, 0.717) is 0 Å². The van der Waals surface area contributed by atoms with E-state index in [9.17, 15) is 0 Å². The van der Waals surface area contributed by atoms with Gasteiger partial charge in [0.2, 0.25) is 0 Å². The number of rotatable bonds is 4. The summed E-state index contributed by atoms with van der Waals surface area (Å²) in [5, 5.41) is 4.40. The molecule has 4 nitrogen and oxygen atoms in total. The zero-order valence-electron chi connectivity index (χ0n) is 8.47. The summed E-state index contributed by atoms with van der Waals surface area (Å²) in [5.41, 5.74) is 0.957. The van der Waals surface area contributed by atoms with Gasteiger partial charge in [-0.25, -0.2) is 4.98 Å². The second-order valence-electron chi connectivity index (χ2n) is 3.15. The molecule has 0 aliphatic rings. The second kappa shape index (κ2) is 4.95. The summed E-state index contributed by atoms with van der Waals surface area (Å²) in [6.07, 6.45) is 7.05. The van der Waals surface area contributed by atoms with Crippen LogP contribution in [0.5, 0.6) is 0 Å². The minimum Gasteiger partial charge on any atom is -0.306 e. The molecule has 15 heavy (non-hydrogen) atoms. The van der Waals surface area contributed by atoms with E-state index in [1.165, 1.54) is 4.88 Å². The predicted octanol–water partition coefficient (Wildman–Crippen LogP) is 1.53. The molecule has 2 aromatic heterocycles. The molecule has 0 saturated heterocycles. The van der Waals surface area contributed by atoms with Gasteiger partial charge in [-0.2, -0.15) is 0 Å². The van der Waals surface area contributed by atoms with Crippen LogP contribution < -0.4 is 5.32 Å². The number of nitrogens with zero attached hydrogens (tertiary/aromatic N) is 3. The van der Waals surface area contributed by atoms with Gasteiger partial charge >= 0.3 is 0 Å². The number of aromatic nitrogens is 3. The van der Waals surface area contributed by atoms with E-state index in [-0.39, 0.29) is 0 Å². The van der Waals surface area contributed by atoms with Crippen LogP contribution >= 0.6 is 11.3 Å². The van der Waals surface area contributed by atoms with Gasteiger partial charge in [0.15, 0.2) is 0 Å². The standard InChI is InChI=1S/C10H12N4S/c1-8-14-7-10(15-8)6-12-5-9-4-11-2-3-13-9/h2-4,7,12H,5-6H2,1H3. The van der Waals surface area contributed by atoms with Crippen LogP contribution in [0.15, 0.2) is 24.8 Å². The largest absolute Gasteiger partial charge is 0.306 e. The van der Waals surface area contributed by atoms with Crippen molar-refractivity contribution >= 4 is 11.3 Å². The molecule has 0 amide bonds. The summed E-state index contributed by atoms with van der Waals surface area (Å²) >= 11 is 1.71. The van der Waals surface area contributed by atoms with Crippen LogP contribution in [0.4, 0.5) is 0 Å². The van der Waals surface area contributed by atoms with Crippen LogP contribution in [0.2, 0.25) is 0 Å². The molecule has 0 aliphatic heterocycles. The molecular formula is C10H12N4S. The Morgan fingerprint density at radius 3 is 2.80 bits per heavy atom. The van der Waals surface area contributed by atoms with Crippen molar-refractivity contribution in [2.24, 2.45) is 0 Å². The number of thiazole rings is 1. The van der Waals surface area contributed by atoms with Crippen molar-refractivity contribution < 1.29 is 0 Å². The van der Waals surface area contributed by atoms with Crippen molar-refractivity contribution in [1.29, 1.82) is 0 Å². The Kier molecular flexibility index (Phi) is 3.37. The third-order valence-corrected chi connectivity index (χ3v) is 2.80. The molecule has 5 heteroatoms. The SMILES string of the molecule is Cc1ncc(CNCc2cnccn2)s1. The van der Waals surface area contributed by atoms with Gasteiger partial charge in [0.05, 0.1) is 10.7 Å². The van der Waals surface area contributed by atoms with Crippen molar-refractivity contribution in [1.82, 2.24) is 20.3 Å². The van der Waals surface area contributed by atoms with Gasteiger partial charge in [0.25, 0.3) is 0 Å². The van der Waals surface area contributed by atoms with E-state index in [2.05, 4.69) is 20.3 Å². The zero-order valence-corrected chi connectivity index (χ0v) is 9.29. The molecule has 2 aromatic rings. The Bertz CT molecular complexity index is 412. The fourth-order valence-corrected chi connectivity index (χ4v) is 1.99. The third kappa shape index (κ3) is 3.07. The van der Waals surface area contributed by atoms with Gasteiger partial charge in [0, 0.05) is 42.8 Å². The fourth-order valence-electron chi connectivity index (χ4n) is 1.22. The Morgan fingerprint density at radius 1 is 1.20 bits per heavy atom. The Labute approximate surface area is 92.4 Å². The molecule has 2 heterocycles. The molecule has 2 rings (SSSR count). The van der Waals surface area contributed by atoms with Gasteiger partial charge in [-0.05, 0) is 6.92 Å². The van der Waals surface area contributed by atoms with Crippen LogP contribution in [-0.2, 0) is 13.1 Å². The van der Waals surface area contributed by atoms with Gasteiger partial charge in [-0.1, -0.05) is 0 Å². The lowest BCUT2D eigenvalue weighted by Crippen LogP contribution is -2.12. The predicted molar refractivity (Wildman–Crippen MR) is 59.4 cm³/mol. The van der Waals surface area contributed by atoms with Crippen molar-refractivity contribution in [2.45, 2.75) is 20.0 Å². The lowest BCUT2D eigenvalue weighted by Gasteiger charge is -2.00. The normalized spacial score (nSPS) is 10.5. The first-order chi connectivity index (χ1) is 7.34. The maximum absolute atomic E-state index is 4.19. The minimum atomic E-state index is 0.741. The van der Waals surface area contributed by atoms with Gasteiger partial charge in [-0.3, -0.25) is 9.97 Å². The first-order valence-corrected chi connectivity index (χ1v) is 5.53. The van der Waals surface area contributed by atoms with E-state index in [1.54, 1.807) is 29.9 Å². The molecule has 0 fully saturated rings. The Morgan fingerprint density at radius 2 is 2.13 bits per heavy atom. The highest BCUT2D eigenvalue weighted by Crippen LogP contribution is 2.10. The molecule has 0 atom stereocenters. The quantitative estimate of drug-likeness (QED) is 0.849. The van der Waals surface area contributed by atoms with Gasteiger partial charge in [0.1, 0.15) is 0 Å². The first kappa shape index (κ1) is 10.2. The summed E-state index contributed by atoms with van der Waals surface area (Å²) < 4.78 is 0. The first-order valence-electron chi connectivity index (χ1n) is 4.71. The molecule has 0 unspecified atom stereocenters. The number of hydrogen-bond acceptors (Lipinski definition) is 5. The monoisotopic (exact) mass is 220 g/mol. The van der Waals surface area contributed by atoms with E-state index >= 15 is 0 Å². The minimum absolute atomic E-state index is 0.741. The highest BCUT2D eigenvalue weighted by molar-refractivity contribution is 7.11. The molecule has 0 saturated carbocycles. The Balaban J connectivity index is 1.80. The fraction of sp³-hybridized carbons (Fsp3) is 0.300. The maximum atomic E-state index is 4.19. The second-order valence-corrected chi connectivity index (χ2v) is 4.47.